The SMILES string of the molecule is CCCCOc1ccc(C(O)=C2C(=O)C(=O)N(CCCN3CCOCC3)[C@@H]2c2ccc(OCC)c(OC)c2)cc1C. The average molecular weight is 567 g/mol. The summed E-state index contributed by atoms with van der Waals surface area (Å²) in [6, 6.07) is 9.92. The second-order valence-electron chi connectivity index (χ2n) is 10.3. The van der Waals surface area contributed by atoms with Crippen LogP contribution in [-0.4, -0.2) is 86.3 Å². The lowest BCUT2D eigenvalue weighted by molar-refractivity contribution is -0.140. The third-order valence-electron chi connectivity index (χ3n) is 7.52. The Morgan fingerprint density at radius 3 is 2.41 bits per heavy atom. The monoisotopic (exact) mass is 566 g/mol. The number of carbonyl (C=O) groups excluding carboxylic acids is 2. The first kappa shape index (κ1) is 30.4. The van der Waals surface area contributed by atoms with Gasteiger partial charge >= 0.3 is 0 Å². The minimum absolute atomic E-state index is 0.0617. The highest BCUT2D eigenvalue weighted by Crippen LogP contribution is 2.42. The van der Waals surface area contributed by atoms with Gasteiger partial charge in [-0.25, -0.2) is 0 Å². The van der Waals surface area contributed by atoms with Gasteiger partial charge in [0.2, 0.25) is 0 Å². The maximum absolute atomic E-state index is 13.5. The van der Waals surface area contributed by atoms with Gasteiger partial charge in [-0.1, -0.05) is 19.4 Å². The van der Waals surface area contributed by atoms with Crippen LogP contribution in [0.25, 0.3) is 5.76 Å². The van der Waals surface area contributed by atoms with Gasteiger partial charge in [0.1, 0.15) is 11.5 Å². The molecule has 9 nitrogen and oxygen atoms in total. The van der Waals surface area contributed by atoms with Crippen molar-refractivity contribution >= 4 is 17.4 Å². The quantitative estimate of drug-likeness (QED) is 0.161. The third kappa shape index (κ3) is 7.02. The number of unbranched alkanes of at least 4 members (excludes halogenated alkanes) is 1. The summed E-state index contributed by atoms with van der Waals surface area (Å²) in [7, 11) is 1.55. The van der Waals surface area contributed by atoms with Crippen LogP contribution in [0.2, 0.25) is 0 Å². The minimum atomic E-state index is -0.773. The number of aliphatic hydroxyl groups is 1. The highest BCUT2D eigenvalue weighted by molar-refractivity contribution is 6.46. The molecule has 2 aliphatic heterocycles. The number of nitrogens with zero attached hydrogens (tertiary/aromatic N) is 2. The van der Waals surface area contributed by atoms with E-state index in [1.54, 1.807) is 42.3 Å². The van der Waals surface area contributed by atoms with Gasteiger partial charge in [0.25, 0.3) is 11.7 Å². The summed E-state index contributed by atoms with van der Waals surface area (Å²) < 4.78 is 22.6. The summed E-state index contributed by atoms with van der Waals surface area (Å²) in [5.41, 5.74) is 2.02. The molecule has 1 atom stereocenters. The van der Waals surface area contributed by atoms with Gasteiger partial charge in [-0.15, -0.1) is 0 Å². The lowest BCUT2D eigenvalue weighted by atomic mass is 9.94. The van der Waals surface area contributed by atoms with Gasteiger partial charge in [-0.2, -0.15) is 0 Å². The molecule has 2 saturated heterocycles. The number of likely N-dealkylation sites (tertiary alicyclic amines) is 1. The maximum Gasteiger partial charge on any atom is 0.295 e. The predicted molar refractivity (Wildman–Crippen MR) is 157 cm³/mol. The zero-order chi connectivity index (χ0) is 29.4. The van der Waals surface area contributed by atoms with Crippen LogP contribution in [0, 0.1) is 6.92 Å². The fraction of sp³-hybridized carbons (Fsp3) is 0.500. The number of aliphatic hydroxyl groups excluding tert-OH is 1. The van der Waals surface area contributed by atoms with Crippen molar-refractivity contribution in [2.24, 2.45) is 0 Å². The molecule has 0 radical (unpaired) electrons. The van der Waals surface area contributed by atoms with Crippen LogP contribution in [0.4, 0.5) is 0 Å². The molecule has 1 amide bonds. The number of hydrogen-bond donors (Lipinski definition) is 1. The van der Waals surface area contributed by atoms with Crippen LogP contribution in [0.3, 0.4) is 0 Å². The van der Waals surface area contributed by atoms with Crippen molar-refractivity contribution < 1.29 is 33.6 Å². The molecule has 0 aliphatic carbocycles. The van der Waals surface area contributed by atoms with Gasteiger partial charge < -0.3 is 29.0 Å². The van der Waals surface area contributed by atoms with Crippen molar-refractivity contribution in [3.8, 4) is 17.2 Å². The van der Waals surface area contributed by atoms with Crippen molar-refractivity contribution in [1.82, 2.24) is 9.80 Å². The summed E-state index contributed by atoms with van der Waals surface area (Å²) in [5.74, 6) is 0.256. The molecule has 222 valence electrons. The van der Waals surface area contributed by atoms with Crippen molar-refractivity contribution in [1.29, 1.82) is 0 Å². The number of carbonyl (C=O) groups is 2. The smallest absolute Gasteiger partial charge is 0.295 e. The zero-order valence-corrected chi connectivity index (χ0v) is 24.6. The molecule has 2 aliphatic rings. The minimum Gasteiger partial charge on any atom is -0.507 e. The Hall–Kier alpha value is -3.56. The van der Waals surface area contributed by atoms with E-state index in [1.807, 2.05) is 19.9 Å². The third-order valence-corrected chi connectivity index (χ3v) is 7.52. The van der Waals surface area contributed by atoms with Crippen LogP contribution in [-0.2, 0) is 14.3 Å². The van der Waals surface area contributed by atoms with E-state index in [4.69, 9.17) is 18.9 Å². The Balaban J connectivity index is 1.70. The molecular formula is C32H42N2O7. The highest BCUT2D eigenvalue weighted by Gasteiger charge is 2.46. The number of hydrogen-bond acceptors (Lipinski definition) is 8. The lowest BCUT2D eigenvalue weighted by Gasteiger charge is -2.29. The van der Waals surface area contributed by atoms with Crippen molar-refractivity contribution in [3.63, 3.8) is 0 Å². The van der Waals surface area contributed by atoms with E-state index in [0.717, 1.165) is 43.8 Å². The van der Waals surface area contributed by atoms with Crippen LogP contribution in [0.5, 0.6) is 17.2 Å². The van der Waals surface area contributed by atoms with Crippen LogP contribution in [0.15, 0.2) is 42.0 Å². The Kier molecular flexibility index (Phi) is 10.7. The zero-order valence-electron chi connectivity index (χ0n) is 24.6. The average Bonchev–Trinajstić information content (AvgIpc) is 3.23. The molecule has 0 saturated carbocycles. The fourth-order valence-electron chi connectivity index (χ4n) is 5.32. The number of ether oxygens (including phenoxy) is 4. The molecular weight excluding hydrogens is 524 g/mol. The van der Waals surface area contributed by atoms with Crippen LogP contribution < -0.4 is 14.2 Å². The Morgan fingerprint density at radius 1 is 0.976 bits per heavy atom. The number of morpholine rings is 1. The molecule has 2 fully saturated rings. The van der Waals surface area contributed by atoms with Gasteiger partial charge in [0, 0.05) is 31.7 Å². The van der Waals surface area contributed by atoms with Crippen molar-refractivity contribution in [2.75, 3.05) is 59.7 Å². The Morgan fingerprint density at radius 2 is 1.73 bits per heavy atom. The summed E-state index contributed by atoms with van der Waals surface area (Å²) in [6.45, 7) is 11.2. The first-order valence-electron chi connectivity index (χ1n) is 14.5. The molecule has 2 aromatic rings. The molecule has 0 aromatic heterocycles. The molecule has 0 unspecified atom stereocenters. The molecule has 0 spiro atoms. The van der Waals surface area contributed by atoms with Gasteiger partial charge in [0.05, 0.1) is 45.2 Å². The van der Waals surface area contributed by atoms with E-state index in [1.165, 1.54) is 0 Å². The van der Waals surface area contributed by atoms with E-state index in [2.05, 4.69) is 11.8 Å². The van der Waals surface area contributed by atoms with E-state index in [9.17, 15) is 14.7 Å². The fourth-order valence-corrected chi connectivity index (χ4v) is 5.32. The molecule has 4 rings (SSSR count). The van der Waals surface area contributed by atoms with Gasteiger partial charge in [-0.3, -0.25) is 14.5 Å². The largest absolute Gasteiger partial charge is 0.507 e. The first-order chi connectivity index (χ1) is 19.9. The number of methoxy groups -OCH3 is 1. The number of Topliss-reactive ketones (excluding diaryl/α,β-unsaturated/α-hetero) is 1. The Labute approximate surface area is 242 Å². The van der Waals surface area contributed by atoms with E-state index < -0.39 is 17.7 Å². The van der Waals surface area contributed by atoms with E-state index >= 15 is 0 Å². The van der Waals surface area contributed by atoms with Crippen molar-refractivity contribution in [2.45, 2.75) is 46.1 Å². The summed E-state index contributed by atoms with van der Waals surface area (Å²) in [5, 5.41) is 11.5. The van der Waals surface area contributed by atoms with Crippen LogP contribution in [0.1, 0.15) is 55.8 Å². The number of ketones is 1. The number of amides is 1. The maximum atomic E-state index is 13.5. The Bertz CT molecular complexity index is 1250. The molecule has 2 heterocycles. The molecule has 41 heavy (non-hydrogen) atoms. The summed E-state index contributed by atoms with van der Waals surface area (Å²) in [6.07, 6.45) is 2.66. The lowest BCUT2D eigenvalue weighted by Crippen LogP contribution is -2.39. The highest BCUT2D eigenvalue weighted by atomic mass is 16.5. The number of rotatable bonds is 13. The van der Waals surface area contributed by atoms with Gasteiger partial charge in [-0.05, 0) is 68.1 Å². The standard InChI is InChI=1S/C32H42N2O7/c1-5-7-17-41-25-11-10-24(20-22(25)3)30(35)28-29(23-9-12-26(40-6-2)27(21-23)38-4)34(32(37)31(28)36)14-8-13-33-15-18-39-19-16-33/h9-12,20-21,29,35H,5-8,13-19H2,1-4H3/t29-/m1/s1. The topological polar surface area (TPSA) is 97.8 Å². The van der Waals surface area contributed by atoms with E-state index in [0.29, 0.717) is 62.0 Å². The second-order valence-corrected chi connectivity index (χ2v) is 10.3. The molecule has 1 N–H and O–H groups in total. The molecule has 2 aromatic carbocycles. The normalized spacial score (nSPS) is 19.0. The van der Waals surface area contributed by atoms with E-state index in [-0.39, 0.29) is 11.3 Å². The van der Waals surface area contributed by atoms with Crippen molar-refractivity contribution in [3.05, 3.63) is 58.7 Å². The predicted octanol–water partition coefficient (Wildman–Crippen LogP) is 4.73. The van der Waals surface area contributed by atoms with Gasteiger partial charge in [0.15, 0.2) is 11.5 Å². The first-order valence-corrected chi connectivity index (χ1v) is 14.5. The molecule has 0 bridgehead atoms. The summed E-state index contributed by atoms with van der Waals surface area (Å²) >= 11 is 0. The second kappa shape index (κ2) is 14.4. The number of aryl methyl sites for hydroxylation is 1. The number of benzene rings is 2. The summed E-state index contributed by atoms with van der Waals surface area (Å²) in [4.78, 5) is 30.8. The molecule has 9 heteroatoms. The van der Waals surface area contributed by atoms with Crippen LogP contribution >= 0.6 is 0 Å².